The summed E-state index contributed by atoms with van der Waals surface area (Å²) in [6.07, 6.45) is 2.69. The molecule has 46 heavy (non-hydrogen) atoms. The van der Waals surface area contributed by atoms with Crippen molar-refractivity contribution in [3.05, 3.63) is 106 Å². The summed E-state index contributed by atoms with van der Waals surface area (Å²) >= 11 is 6.13. The van der Waals surface area contributed by atoms with Crippen molar-refractivity contribution in [1.82, 2.24) is 20.0 Å². The maximum absolute atomic E-state index is 15.0. The van der Waals surface area contributed by atoms with E-state index in [1.807, 2.05) is 53.4 Å². The minimum absolute atomic E-state index is 0.0266. The first-order valence-electron chi connectivity index (χ1n) is 16.8. The lowest BCUT2D eigenvalue weighted by atomic mass is 9.91. The molecule has 3 aromatic carbocycles. The van der Waals surface area contributed by atoms with Crippen LogP contribution in [0.15, 0.2) is 72.8 Å². The van der Waals surface area contributed by atoms with Crippen LogP contribution in [0.2, 0.25) is 5.02 Å². The summed E-state index contributed by atoms with van der Waals surface area (Å²) in [4.78, 5) is 34.0. The Morgan fingerprint density at radius 2 is 1.52 bits per heavy atom. The van der Waals surface area contributed by atoms with E-state index in [1.165, 1.54) is 17.2 Å². The lowest BCUT2D eigenvalue weighted by Crippen LogP contribution is -2.56. The fraction of sp³-hybridized carbons (Fsp3) is 0.474. The maximum atomic E-state index is 15.0. The molecule has 2 amide bonds. The number of rotatable bonds is 15. The van der Waals surface area contributed by atoms with Crippen LogP contribution in [0.25, 0.3) is 0 Å². The molecule has 1 heterocycles. The van der Waals surface area contributed by atoms with E-state index in [0.29, 0.717) is 49.6 Å². The van der Waals surface area contributed by atoms with Crippen LogP contribution in [0, 0.1) is 5.82 Å². The van der Waals surface area contributed by atoms with Crippen LogP contribution in [0.4, 0.5) is 4.39 Å². The first-order valence-corrected chi connectivity index (χ1v) is 17.2. The van der Waals surface area contributed by atoms with Crippen molar-refractivity contribution in [2.45, 2.75) is 71.4 Å². The molecule has 1 fully saturated rings. The van der Waals surface area contributed by atoms with E-state index in [-0.39, 0.29) is 29.6 Å². The Morgan fingerprint density at radius 1 is 0.891 bits per heavy atom. The molecule has 3 unspecified atom stereocenters. The van der Waals surface area contributed by atoms with Gasteiger partial charge >= 0.3 is 0 Å². The number of nitrogens with zero attached hydrogens (tertiary/aromatic N) is 3. The number of nitrogens with one attached hydrogen (secondary N) is 1. The second-order valence-electron chi connectivity index (χ2n) is 12.4. The Hall–Kier alpha value is -3.26. The molecule has 0 saturated carbocycles. The van der Waals surface area contributed by atoms with Gasteiger partial charge in [-0.3, -0.25) is 14.5 Å². The zero-order valence-electron chi connectivity index (χ0n) is 27.9. The normalized spacial score (nSPS) is 15.8. The van der Waals surface area contributed by atoms with Crippen LogP contribution < -0.4 is 5.32 Å². The highest BCUT2D eigenvalue weighted by atomic mass is 35.5. The molecule has 8 heteroatoms. The van der Waals surface area contributed by atoms with E-state index < -0.39 is 6.04 Å². The number of carbonyl (C=O) groups excluding carboxylic acids is 2. The van der Waals surface area contributed by atoms with Gasteiger partial charge in [-0.1, -0.05) is 100 Å². The first-order chi connectivity index (χ1) is 22.2. The number of benzene rings is 3. The van der Waals surface area contributed by atoms with Crippen molar-refractivity contribution in [2.75, 3.05) is 45.8 Å². The fourth-order valence-corrected chi connectivity index (χ4v) is 6.69. The number of likely N-dealkylation sites (N-methyl/N-ethyl adjacent to an activating group) is 1. The van der Waals surface area contributed by atoms with Gasteiger partial charge < -0.3 is 15.1 Å². The molecule has 1 aliphatic heterocycles. The summed E-state index contributed by atoms with van der Waals surface area (Å²) < 4.78 is 15.0. The van der Waals surface area contributed by atoms with Gasteiger partial charge in [-0.25, -0.2) is 4.39 Å². The number of amides is 2. The quantitative estimate of drug-likeness (QED) is 0.195. The average molecular weight is 649 g/mol. The highest BCUT2D eigenvalue weighted by molar-refractivity contribution is 6.30. The highest BCUT2D eigenvalue weighted by Gasteiger charge is 2.33. The minimum Gasteiger partial charge on any atom is -0.344 e. The van der Waals surface area contributed by atoms with Gasteiger partial charge in [0, 0.05) is 56.2 Å². The molecule has 4 rings (SSSR count). The largest absolute Gasteiger partial charge is 0.344 e. The van der Waals surface area contributed by atoms with Crippen molar-refractivity contribution in [2.24, 2.45) is 0 Å². The summed E-state index contributed by atoms with van der Waals surface area (Å²) in [5.41, 5.74) is 4.08. The van der Waals surface area contributed by atoms with Crippen molar-refractivity contribution in [1.29, 1.82) is 0 Å². The van der Waals surface area contributed by atoms with Crippen LogP contribution in [-0.2, 0) is 22.4 Å². The van der Waals surface area contributed by atoms with Gasteiger partial charge in [0.25, 0.3) is 0 Å². The van der Waals surface area contributed by atoms with Gasteiger partial charge in [-0.05, 0) is 60.3 Å². The number of carbonyl (C=O) groups is 2. The van der Waals surface area contributed by atoms with Gasteiger partial charge in [-0.15, -0.1) is 0 Å². The number of piperazine rings is 1. The summed E-state index contributed by atoms with van der Waals surface area (Å²) in [6.45, 7) is 13.2. The monoisotopic (exact) mass is 648 g/mol. The Labute approximate surface area is 279 Å². The van der Waals surface area contributed by atoms with E-state index in [2.05, 4.69) is 54.9 Å². The summed E-state index contributed by atoms with van der Waals surface area (Å²) in [6, 6.07) is 21.9. The molecule has 0 bridgehead atoms. The molecule has 6 nitrogen and oxygen atoms in total. The fourth-order valence-electron chi connectivity index (χ4n) is 6.57. The molecule has 3 aromatic rings. The lowest BCUT2D eigenvalue weighted by molar-refractivity contribution is -0.138. The minimum atomic E-state index is -0.698. The predicted molar refractivity (Wildman–Crippen MR) is 186 cm³/mol. The van der Waals surface area contributed by atoms with Gasteiger partial charge in [0.1, 0.15) is 11.9 Å². The molecule has 248 valence electrons. The maximum Gasteiger partial charge on any atom is 0.245 e. The van der Waals surface area contributed by atoms with Crippen LogP contribution in [0.3, 0.4) is 0 Å². The van der Waals surface area contributed by atoms with Crippen LogP contribution in [0.1, 0.15) is 74.8 Å². The second kappa shape index (κ2) is 17.6. The highest BCUT2D eigenvalue weighted by Crippen LogP contribution is 2.27. The number of hydrogen-bond donors (Lipinski definition) is 1. The van der Waals surface area contributed by atoms with E-state index >= 15 is 4.39 Å². The molecule has 1 saturated heterocycles. The Balaban J connectivity index is 1.47. The third kappa shape index (κ3) is 9.63. The predicted octanol–water partition coefficient (Wildman–Crippen LogP) is 6.88. The van der Waals surface area contributed by atoms with Crippen molar-refractivity contribution < 1.29 is 14.0 Å². The van der Waals surface area contributed by atoms with Crippen molar-refractivity contribution in [3.8, 4) is 0 Å². The Morgan fingerprint density at radius 3 is 2.15 bits per heavy atom. The number of aryl methyl sites for hydroxylation is 1. The third-order valence-electron chi connectivity index (χ3n) is 9.24. The standard InChI is InChI=1S/C38H50ClFN4O2/c1-5-12-30-13-8-9-14-32(30)28(4)25-37(45)41-35(26-29-17-19-31(39)20-18-29)38(46)44-23-21-43(22-24-44)36(27-42(6-2)7-3)33-15-10-11-16-34(33)40/h8-11,13-20,28,35-36H,5-7,12,21-27H2,1-4H3,(H,41,45). The number of halogens is 2. The Bertz CT molecular complexity index is 1410. The second-order valence-corrected chi connectivity index (χ2v) is 12.8. The topological polar surface area (TPSA) is 55.9 Å². The molecule has 1 aliphatic rings. The number of hydrogen-bond acceptors (Lipinski definition) is 4. The van der Waals surface area contributed by atoms with Gasteiger partial charge in [0.2, 0.25) is 11.8 Å². The Kier molecular flexibility index (Phi) is 13.6. The lowest BCUT2D eigenvalue weighted by Gasteiger charge is -2.42. The van der Waals surface area contributed by atoms with Crippen LogP contribution >= 0.6 is 11.6 Å². The van der Waals surface area contributed by atoms with E-state index in [0.717, 1.165) is 38.0 Å². The van der Waals surface area contributed by atoms with Crippen molar-refractivity contribution in [3.63, 3.8) is 0 Å². The molecule has 0 spiro atoms. The molecule has 0 aromatic heterocycles. The zero-order valence-corrected chi connectivity index (χ0v) is 28.6. The van der Waals surface area contributed by atoms with Gasteiger partial charge in [0.05, 0.1) is 6.04 Å². The molecule has 1 N–H and O–H groups in total. The van der Waals surface area contributed by atoms with Gasteiger partial charge in [-0.2, -0.15) is 0 Å². The van der Waals surface area contributed by atoms with Crippen LogP contribution in [-0.4, -0.2) is 78.4 Å². The van der Waals surface area contributed by atoms with Crippen LogP contribution in [0.5, 0.6) is 0 Å². The molecule has 3 atom stereocenters. The summed E-state index contributed by atoms with van der Waals surface area (Å²) in [5, 5.41) is 3.73. The van der Waals surface area contributed by atoms with E-state index in [4.69, 9.17) is 11.6 Å². The summed E-state index contributed by atoms with van der Waals surface area (Å²) in [5.74, 6) is -0.397. The summed E-state index contributed by atoms with van der Waals surface area (Å²) in [7, 11) is 0. The molecule has 0 radical (unpaired) electrons. The third-order valence-corrected chi connectivity index (χ3v) is 9.49. The smallest absolute Gasteiger partial charge is 0.245 e. The first kappa shape index (κ1) is 35.6. The zero-order chi connectivity index (χ0) is 33.1. The van der Waals surface area contributed by atoms with Gasteiger partial charge in [0.15, 0.2) is 0 Å². The SMILES string of the molecule is CCCc1ccccc1C(C)CC(=O)NC(Cc1ccc(Cl)cc1)C(=O)N1CCN(C(CN(CC)CC)c2ccccc2F)CC1. The van der Waals surface area contributed by atoms with E-state index in [9.17, 15) is 9.59 Å². The van der Waals surface area contributed by atoms with Crippen molar-refractivity contribution >= 4 is 23.4 Å². The average Bonchev–Trinajstić information content (AvgIpc) is 3.06. The molecular formula is C38H50ClFN4O2. The molecule has 0 aliphatic carbocycles. The molecular weight excluding hydrogens is 599 g/mol. The van der Waals surface area contributed by atoms with E-state index in [1.54, 1.807) is 6.07 Å².